The fourth-order valence-corrected chi connectivity index (χ4v) is 3.62. The van der Waals surface area contributed by atoms with Crippen LogP contribution in [0.3, 0.4) is 0 Å². The number of carboxylic acid groups (broad SMARTS) is 1. The molecule has 96 valence electrons. The first kappa shape index (κ1) is 11.6. The molecular formula is C14H18N2O2. The first-order chi connectivity index (χ1) is 8.69. The number of carbonyl (C=O) groups is 1. The number of hydrogen-bond acceptors (Lipinski definition) is 3. The molecule has 1 heterocycles. The van der Waals surface area contributed by atoms with Gasteiger partial charge < -0.3 is 5.11 Å². The summed E-state index contributed by atoms with van der Waals surface area (Å²) in [6.45, 7) is 1.94. The van der Waals surface area contributed by atoms with E-state index in [0.29, 0.717) is 18.0 Å². The maximum atomic E-state index is 11.1. The molecule has 0 amide bonds. The van der Waals surface area contributed by atoms with E-state index in [4.69, 9.17) is 5.11 Å². The Hall–Kier alpha value is -1.45. The van der Waals surface area contributed by atoms with E-state index in [-0.39, 0.29) is 5.56 Å². The summed E-state index contributed by atoms with van der Waals surface area (Å²) in [6.07, 6.45) is 7.31. The zero-order valence-corrected chi connectivity index (χ0v) is 10.6. The van der Waals surface area contributed by atoms with Crippen molar-refractivity contribution in [3.63, 3.8) is 0 Å². The van der Waals surface area contributed by atoms with Crippen molar-refractivity contribution < 1.29 is 9.90 Å². The molecule has 18 heavy (non-hydrogen) atoms. The molecule has 1 aromatic rings. The van der Waals surface area contributed by atoms with Crippen LogP contribution in [0.2, 0.25) is 0 Å². The van der Waals surface area contributed by atoms with Crippen LogP contribution in [0.1, 0.15) is 60.4 Å². The average Bonchev–Trinajstić information content (AvgIpc) is 3.00. The van der Waals surface area contributed by atoms with Crippen LogP contribution >= 0.6 is 0 Å². The van der Waals surface area contributed by atoms with Crippen LogP contribution < -0.4 is 0 Å². The van der Waals surface area contributed by atoms with Gasteiger partial charge in [-0.15, -0.1) is 0 Å². The molecule has 0 saturated heterocycles. The predicted molar refractivity (Wildman–Crippen MR) is 66.6 cm³/mol. The maximum absolute atomic E-state index is 11.1. The molecule has 2 saturated carbocycles. The van der Waals surface area contributed by atoms with Crippen LogP contribution in [0, 0.1) is 11.8 Å². The number of fused-ring (bicyclic) bond motifs is 2. The second kappa shape index (κ2) is 4.34. The van der Waals surface area contributed by atoms with Gasteiger partial charge in [-0.2, -0.15) is 0 Å². The van der Waals surface area contributed by atoms with Crippen LogP contribution in [0.25, 0.3) is 0 Å². The minimum Gasteiger partial charge on any atom is -0.478 e. The van der Waals surface area contributed by atoms with E-state index in [1.54, 1.807) is 0 Å². The summed E-state index contributed by atoms with van der Waals surface area (Å²) in [4.78, 5) is 19.9. The van der Waals surface area contributed by atoms with E-state index in [2.05, 4.69) is 9.97 Å². The van der Waals surface area contributed by atoms with Crippen molar-refractivity contribution in [1.29, 1.82) is 0 Å². The number of nitrogens with zero attached hydrogens (tertiary/aromatic N) is 2. The predicted octanol–water partition coefficient (Wildman–Crippen LogP) is 2.64. The molecule has 1 N–H and O–H groups in total. The lowest BCUT2D eigenvalue weighted by atomic mass is 9.88. The third-order valence-electron chi connectivity index (χ3n) is 4.52. The van der Waals surface area contributed by atoms with Gasteiger partial charge in [0, 0.05) is 12.1 Å². The lowest BCUT2D eigenvalue weighted by Crippen LogP contribution is -2.15. The topological polar surface area (TPSA) is 63.1 Å². The number of aryl methyl sites for hydroxylation is 1. The van der Waals surface area contributed by atoms with Crippen molar-refractivity contribution in [3.05, 3.63) is 23.3 Å². The molecule has 1 aromatic heterocycles. The van der Waals surface area contributed by atoms with Crippen molar-refractivity contribution in [2.24, 2.45) is 11.8 Å². The number of rotatable bonds is 3. The quantitative estimate of drug-likeness (QED) is 0.890. The summed E-state index contributed by atoms with van der Waals surface area (Å²) in [5.41, 5.74) is 0.930. The molecule has 0 radical (unpaired) electrons. The third-order valence-corrected chi connectivity index (χ3v) is 4.52. The van der Waals surface area contributed by atoms with E-state index in [1.807, 2.05) is 6.92 Å². The van der Waals surface area contributed by atoms with Crippen molar-refractivity contribution >= 4 is 5.97 Å². The number of aromatic carboxylic acids is 1. The summed E-state index contributed by atoms with van der Waals surface area (Å²) < 4.78 is 0. The van der Waals surface area contributed by atoms with E-state index < -0.39 is 5.97 Å². The highest BCUT2D eigenvalue weighted by Crippen LogP contribution is 2.52. The van der Waals surface area contributed by atoms with E-state index in [9.17, 15) is 4.79 Å². The van der Waals surface area contributed by atoms with Gasteiger partial charge in [0.2, 0.25) is 0 Å². The van der Waals surface area contributed by atoms with Gasteiger partial charge >= 0.3 is 5.97 Å². The highest BCUT2D eigenvalue weighted by molar-refractivity contribution is 5.88. The number of aromatic nitrogens is 2. The second-order valence-corrected chi connectivity index (χ2v) is 5.53. The van der Waals surface area contributed by atoms with Crippen molar-refractivity contribution in [3.8, 4) is 0 Å². The fraction of sp³-hybridized carbons (Fsp3) is 0.643. The zero-order chi connectivity index (χ0) is 12.7. The fourth-order valence-electron chi connectivity index (χ4n) is 3.62. The Balaban J connectivity index is 1.92. The summed E-state index contributed by atoms with van der Waals surface area (Å²) in [7, 11) is 0. The number of carboxylic acids is 1. The average molecular weight is 246 g/mol. The lowest BCUT2D eigenvalue weighted by Gasteiger charge is -2.20. The van der Waals surface area contributed by atoms with Crippen LogP contribution in [0.5, 0.6) is 0 Å². The Morgan fingerprint density at radius 3 is 2.83 bits per heavy atom. The molecule has 4 heteroatoms. The maximum Gasteiger partial charge on any atom is 0.339 e. The Labute approximate surface area is 106 Å². The van der Waals surface area contributed by atoms with E-state index in [1.165, 1.54) is 31.9 Å². The molecular weight excluding hydrogens is 228 g/mol. The molecule has 0 aliphatic heterocycles. The van der Waals surface area contributed by atoms with Gasteiger partial charge in [-0.3, -0.25) is 0 Å². The molecule has 3 unspecified atom stereocenters. The molecule has 2 aliphatic rings. The second-order valence-electron chi connectivity index (χ2n) is 5.53. The first-order valence-electron chi connectivity index (χ1n) is 6.78. The Bertz CT molecular complexity index is 487. The van der Waals surface area contributed by atoms with Crippen LogP contribution in [-0.4, -0.2) is 21.0 Å². The summed E-state index contributed by atoms with van der Waals surface area (Å²) in [6, 6.07) is 0. The Morgan fingerprint density at radius 1 is 1.44 bits per heavy atom. The van der Waals surface area contributed by atoms with Gasteiger partial charge in [0.25, 0.3) is 0 Å². The minimum atomic E-state index is -0.925. The van der Waals surface area contributed by atoms with Crippen molar-refractivity contribution in [2.45, 2.75) is 44.9 Å². The SMILES string of the molecule is CCc1nc(C2CC3CCC2C3)ncc1C(=O)O. The first-order valence-corrected chi connectivity index (χ1v) is 6.78. The van der Waals surface area contributed by atoms with E-state index >= 15 is 0 Å². The van der Waals surface area contributed by atoms with Crippen LogP contribution in [0.15, 0.2) is 6.20 Å². The third kappa shape index (κ3) is 1.80. The highest BCUT2D eigenvalue weighted by atomic mass is 16.4. The summed E-state index contributed by atoms with van der Waals surface area (Å²) in [5, 5.41) is 9.08. The molecule has 2 bridgehead atoms. The van der Waals surface area contributed by atoms with Gasteiger partial charge in [-0.05, 0) is 37.5 Å². The molecule has 0 spiro atoms. The van der Waals surface area contributed by atoms with Crippen LogP contribution in [0.4, 0.5) is 0 Å². The van der Waals surface area contributed by atoms with Gasteiger partial charge in [-0.1, -0.05) is 13.3 Å². The Kier molecular flexibility index (Phi) is 2.80. The normalized spacial score (nSPS) is 29.7. The van der Waals surface area contributed by atoms with Crippen LogP contribution in [-0.2, 0) is 6.42 Å². The smallest absolute Gasteiger partial charge is 0.339 e. The summed E-state index contributed by atoms with van der Waals surface area (Å²) >= 11 is 0. The molecule has 0 aromatic carbocycles. The molecule has 3 rings (SSSR count). The largest absolute Gasteiger partial charge is 0.478 e. The van der Waals surface area contributed by atoms with Gasteiger partial charge in [0.15, 0.2) is 0 Å². The molecule has 4 nitrogen and oxygen atoms in total. The monoisotopic (exact) mass is 246 g/mol. The standard InChI is InChI=1S/C14H18N2O2/c1-2-12-11(14(17)18)7-15-13(16-12)10-6-8-3-4-9(10)5-8/h7-10H,2-6H2,1H3,(H,17,18). The van der Waals surface area contributed by atoms with E-state index in [0.717, 1.165) is 17.7 Å². The van der Waals surface area contributed by atoms with Gasteiger partial charge in [0.05, 0.1) is 11.3 Å². The van der Waals surface area contributed by atoms with Crippen molar-refractivity contribution in [1.82, 2.24) is 9.97 Å². The highest BCUT2D eigenvalue weighted by Gasteiger charge is 2.41. The zero-order valence-electron chi connectivity index (χ0n) is 10.6. The molecule has 2 aliphatic carbocycles. The van der Waals surface area contributed by atoms with Gasteiger partial charge in [-0.25, -0.2) is 14.8 Å². The lowest BCUT2D eigenvalue weighted by molar-refractivity contribution is 0.0694. The Morgan fingerprint density at radius 2 is 2.28 bits per heavy atom. The minimum absolute atomic E-state index is 0.254. The van der Waals surface area contributed by atoms with Crippen molar-refractivity contribution in [2.75, 3.05) is 0 Å². The van der Waals surface area contributed by atoms with Gasteiger partial charge in [0.1, 0.15) is 5.82 Å². The molecule has 3 atom stereocenters. The molecule has 2 fully saturated rings. The summed E-state index contributed by atoms with van der Waals surface area (Å²) in [5.74, 6) is 2.01. The number of hydrogen-bond donors (Lipinski definition) is 1.